The lowest BCUT2D eigenvalue weighted by Gasteiger charge is -2.10. The monoisotopic (exact) mass is 528 g/mol. The van der Waals surface area contributed by atoms with Crippen molar-refractivity contribution >= 4 is 63.2 Å². The number of rotatable bonds is 10. The van der Waals surface area contributed by atoms with Gasteiger partial charge in [0.15, 0.2) is 11.0 Å². The minimum absolute atomic E-state index is 0.0984. The number of ether oxygens (including phenoxy) is 2. The summed E-state index contributed by atoms with van der Waals surface area (Å²) in [5.41, 5.74) is 0.356. The highest BCUT2D eigenvalue weighted by atomic mass is 35.5. The van der Waals surface area contributed by atoms with Gasteiger partial charge in [0.05, 0.1) is 22.9 Å². The number of nitrogens with one attached hydrogen (secondary N) is 1. The van der Waals surface area contributed by atoms with Gasteiger partial charge in [-0.15, -0.1) is 21.5 Å². The molecule has 0 fully saturated rings. The van der Waals surface area contributed by atoms with E-state index in [1.54, 1.807) is 31.2 Å². The van der Waals surface area contributed by atoms with Gasteiger partial charge < -0.3 is 19.4 Å². The second-order valence-electron chi connectivity index (χ2n) is 6.66. The third-order valence-corrected chi connectivity index (χ3v) is 6.76. The van der Waals surface area contributed by atoms with Crippen LogP contribution in [-0.2, 0) is 22.7 Å². The summed E-state index contributed by atoms with van der Waals surface area (Å²) in [5, 5.41) is 13.1. The molecule has 0 radical (unpaired) electrons. The number of thiophene rings is 1. The van der Waals surface area contributed by atoms with Gasteiger partial charge in [-0.05, 0) is 45.0 Å². The molecular formula is C21H22Cl2N4O4S2. The zero-order valence-electron chi connectivity index (χ0n) is 18.2. The molecule has 33 heavy (non-hydrogen) atoms. The fourth-order valence-corrected chi connectivity index (χ4v) is 5.05. The zero-order chi connectivity index (χ0) is 24.0. The maximum Gasteiger partial charge on any atom is 0.341 e. The second kappa shape index (κ2) is 11.7. The van der Waals surface area contributed by atoms with Crippen LogP contribution >= 0.6 is 46.3 Å². The van der Waals surface area contributed by atoms with Crippen molar-refractivity contribution in [2.24, 2.45) is 0 Å². The van der Waals surface area contributed by atoms with Gasteiger partial charge in [0.1, 0.15) is 17.4 Å². The van der Waals surface area contributed by atoms with Gasteiger partial charge in [-0.2, -0.15) is 0 Å². The molecule has 0 saturated heterocycles. The van der Waals surface area contributed by atoms with E-state index < -0.39 is 5.97 Å². The van der Waals surface area contributed by atoms with E-state index in [9.17, 15) is 9.59 Å². The molecule has 0 aliphatic carbocycles. The van der Waals surface area contributed by atoms with E-state index in [1.807, 2.05) is 18.4 Å². The molecule has 2 heterocycles. The first-order valence-electron chi connectivity index (χ1n) is 10.0. The van der Waals surface area contributed by atoms with E-state index in [1.165, 1.54) is 23.1 Å². The quantitative estimate of drug-likeness (QED) is 0.275. The number of hydrogen-bond donors (Lipinski definition) is 1. The Hall–Kier alpha value is -2.27. The van der Waals surface area contributed by atoms with Gasteiger partial charge in [0, 0.05) is 16.4 Å². The third kappa shape index (κ3) is 6.63. The summed E-state index contributed by atoms with van der Waals surface area (Å²) in [6, 6.07) is 6.69. The maximum atomic E-state index is 12.5. The Morgan fingerprint density at radius 3 is 2.70 bits per heavy atom. The molecule has 0 aliphatic heterocycles. The molecule has 0 unspecified atom stereocenters. The van der Waals surface area contributed by atoms with E-state index >= 15 is 0 Å². The van der Waals surface area contributed by atoms with Crippen molar-refractivity contribution in [1.82, 2.24) is 14.8 Å². The molecule has 1 N–H and O–H groups in total. The molecule has 3 aromatic rings. The molecule has 0 saturated carbocycles. The topological polar surface area (TPSA) is 95.3 Å². The highest BCUT2D eigenvalue weighted by molar-refractivity contribution is 7.99. The Morgan fingerprint density at radius 1 is 1.21 bits per heavy atom. The summed E-state index contributed by atoms with van der Waals surface area (Å²) in [6.07, 6.45) is 0. The van der Waals surface area contributed by atoms with Crippen LogP contribution < -0.4 is 10.1 Å². The number of carbonyl (C=O) groups excluding carboxylic acids is 2. The lowest BCUT2D eigenvalue weighted by Crippen LogP contribution is -2.16. The number of nitrogens with zero attached hydrogens (tertiary/aromatic N) is 3. The Bertz CT molecular complexity index is 1150. The van der Waals surface area contributed by atoms with Gasteiger partial charge >= 0.3 is 5.97 Å². The number of halogens is 2. The van der Waals surface area contributed by atoms with Crippen LogP contribution in [0, 0.1) is 6.92 Å². The molecule has 176 valence electrons. The van der Waals surface area contributed by atoms with E-state index in [0.29, 0.717) is 43.9 Å². The fourth-order valence-electron chi connectivity index (χ4n) is 2.85. The first-order valence-corrected chi connectivity index (χ1v) is 12.6. The van der Waals surface area contributed by atoms with E-state index in [0.717, 1.165) is 4.88 Å². The number of anilines is 1. The predicted octanol–water partition coefficient (Wildman–Crippen LogP) is 5.46. The number of esters is 1. The number of aryl methyl sites for hydroxylation is 1. The smallest absolute Gasteiger partial charge is 0.341 e. The van der Waals surface area contributed by atoms with Crippen molar-refractivity contribution in [3.63, 3.8) is 0 Å². The number of aromatic nitrogens is 3. The van der Waals surface area contributed by atoms with Gasteiger partial charge in [-0.1, -0.05) is 35.0 Å². The molecule has 0 aliphatic rings. The molecule has 1 aromatic carbocycles. The van der Waals surface area contributed by atoms with Crippen molar-refractivity contribution in [3.8, 4) is 5.75 Å². The summed E-state index contributed by atoms with van der Waals surface area (Å²) >= 11 is 14.6. The van der Waals surface area contributed by atoms with Gasteiger partial charge in [0.25, 0.3) is 0 Å². The summed E-state index contributed by atoms with van der Waals surface area (Å²) < 4.78 is 12.7. The number of thioether (sulfide) groups is 1. The summed E-state index contributed by atoms with van der Waals surface area (Å²) in [5.74, 6) is 0.472. The standard InChI is InChI=1S/C21H22Cl2N4O4S2/c1-4-27-17(10-31-16-7-6-13(22)9-15(16)23)25-26-21(27)32-11-18(28)24-19-14(8-12(3)33-19)20(29)30-5-2/h6-9H,4-5,10-11H2,1-3H3,(H,24,28). The van der Waals surface area contributed by atoms with Gasteiger partial charge in [-0.25, -0.2) is 4.79 Å². The summed E-state index contributed by atoms with van der Waals surface area (Å²) in [6.45, 7) is 6.57. The minimum atomic E-state index is -0.457. The van der Waals surface area contributed by atoms with Crippen LogP contribution in [0.5, 0.6) is 5.75 Å². The molecule has 1 amide bonds. The first kappa shape index (κ1) is 25.4. The Labute approximate surface area is 209 Å². The van der Waals surface area contributed by atoms with Crippen LogP contribution in [0.4, 0.5) is 5.00 Å². The predicted molar refractivity (Wildman–Crippen MR) is 131 cm³/mol. The van der Waals surface area contributed by atoms with Crippen molar-refractivity contribution < 1.29 is 19.1 Å². The molecule has 3 rings (SSSR count). The number of carbonyl (C=O) groups is 2. The van der Waals surface area contributed by atoms with Gasteiger partial charge in [0.2, 0.25) is 5.91 Å². The molecule has 12 heteroatoms. The van der Waals surface area contributed by atoms with Crippen LogP contribution in [0.15, 0.2) is 29.4 Å². The van der Waals surface area contributed by atoms with Crippen LogP contribution in [0.2, 0.25) is 10.0 Å². The van der Waals surface area contributed by atoms with Crippen LogP contribution in [0.25, 0.3) is 0 Å². The van der Waals surface area contributed by atoms with Gasteiger partial charge in [-0.3, -0.25) is 4.79 Å². The largest absolute Gasteiger partial charge is 0.484 e. The zero-order valence-corrected chi connectivity index (χ0v) is 21.3. The third-order valence-electron chi connectivity index (χ3n) is 4.30. The summed E-state index contributed by atoms with van der Waals surface area (Å²) in [4.78, 5) is 25.5. The summed E-state index contributed by atoms with van der Waals surface area (Å²) in [7, 11) is 0. The average Bonchev–Trinajstić information content (AvgIpc) is 3.34. The molecule has 8 nitrogen and oxygen atoms in total. The Balaban J connectivity index is 1.61. The average molecular weight is 529 g/mol. The Kier molecular flexibility index (Phi) is 9.02. The van der Waals surface area contributed by atoms with Crippen LogP contribution in [0.3, 0.4) is 0 Å². The van der Waals surface area contributed by atoms with Crippen molar-refractivity contribution in [2.45, 2.75) is 39.1 Å². The highest BCUT2D eigenvalue weighted by Gasteiger charge is 2.19. The van der Waals surface area contributed by atoms with Crippen molar-refractivity contribution in [2.75, 3.05) is 17.7 Å². The molecular weight excluding hydrogens is 507 g/mol. The molecule has 0 spiro atoms. The molecule has 0 bridgehead atoms. The number of amides is 1. The minimum Gasteiger partial charge on any atom is -0.484 e. The fraction of sp³-hybridized carbons (Fsp3) is 0.333. The number of benzene rings is 1. The van der Waals surface area contributed by atoms with E-state index in [-0.39, 0.29) is 24.9 Å². The SMILES string of the molecule is CCOC(=O)c1cc(C)sc1NC(=O)CSc1nnc(COc2ccc(Cl)cc2Cl)n1CC. The van der Waals surface area contributed by atoms with E-state index in [2.05, 4.69) is 15.5 Å². The maximum absolute atomic E-state index is 12.5. The highest BCUT2D eigenvalue weighted by Crippen LogP contribution is 2.30. The first-order chi connectivity index (χ1) is 15.8. The lowest BCUT2D eigenvalue weighted by molar-refractivity contribution is -0.113. The van der Waals surface area contributed by atoms with Crippen molar-refractivity contribution in [1.29, 1.82) is 0 Å². The number of hydrogen-bond acceptors (Lipinski definition) is 8. The van der Waals surface area contributed by atoms with Crippen LogP contribution in [0.1, 0.15) is 34.9 Å². The Morgan fingerprint density at radius 2 is 2.00 bits per heavy atom. The molecule has 0 atom stereocenters. The van der Waals surface area contributed by atoms with Crippen LogP contribution in [-0.4, -0.2) is 39.0 Å². The molecule has 2 aromatic heterocycles. The lowest BCUT2D eigenvalue weighted by atomic mass is 10.3. The van der Waals surface area contributed by atoms with Crippen molar-refractivity contribution in [3.05, 3.63) is 50.6 Å². The van der Waals surface area contributed by atoms with E-state index in [4.69, 9.17) is 32.7 Å². The normalized spacial score (nSPS) is 10.8. The second-order valence-corrected chi connectivity index (χ2v) is 9.71.